The van der Waals surface area contributed by atoms with Gasteiger partial charge in [-0.3, -0.25) is 19.4 Å². The summed E-state index contributed by atoms with van der Waals surface area (Å²) in [4.78, 5) is 44.4. The highest BCUT2D eigenvalue weighted by molar-refractivity contribution is 5.91. The molecule has 3 N–H and O–H groups in total. The number of carbonyl (C=O) groups is 3. The summed E-state index contributed by atoms with van der Waals surface area (Å²) >= 11 is 0. The van der Waals surface area contributed by atoms with Crippen molar-refractivity contribution in [1.29, 1.82) is 0 Å². The second kappa shape index (κ2) is 11.9. The highest BCUT2D eigenvalue weighted by Gasteiger charge is 2.34. The quantitative estimate of drug-likeness (QED) is 0.299. The summed E-state index contributed by atoms with van der Waals surface area (Å²) in [6.45, 7) is 9.41. The van der Waals surface area contributed by atoms with Gasteiger partial charge in [0.15, 0.2) is 0 Å². The van der Waals surface area contributed by atoms with E-state index in [0.29, 0.717) is 23.6 Å². The van der Waals surface area contributed by atoms with Crippen LogP contribution in [0.2, 0.25) is 0 Å². The molecule has 0 aliphatic carbocycles. The minimum atomic E-state index is -0.678. The molecule has 2 heterocycles. The molecule has 2 aromatic carbocycles. The number of ether oxygens (including phenoxy) is 3. The van der Waals surface area contributed by atoms with Crippen molar-refractivity contribution in [1.82, 2.24) is 14.8 Å². The Morgan fingerprint density at radius 2 is 1.67 bits per heavy atom. The maximum absolute atomic E-state index is 12.7. The normalized spacial score (nSPS) is 14.8. The molecule has 1 aliphatic rings. The zero-order valence-corrected chi connectivity index (χ0v) is 22.9. The Kier molecular flexibility index (Phi) is 8.57. The first-order valence-corrected chi connectivity index (χ1v) is 13.0. The van der Waals surface area contributed by atoms with Crippen LogP contribution in [0.1, 0.15) is 35.5 Å². The molecule has 1 aliphatic heterocycles. The van der Waals surface area contributed by atoms with Crippen molar-refractivity contribution < 1.29 is 28.6 Å². The van der Waals surface area contributed by atoms with E-state index in [2.05, 4.69) is 14.8 Å². The molecule has 4 rings (SSSR count). The summed E-state index contributed by atoms with van der Waals surface area (Å²) in [7, 11) is 1.60. The summed E-state index contributed by atoms with van der Waals surface area (Å²) in [5.74, 6) is -0.119. The van der Waals surface area contributed by atoms with E-state index < -0.39 is 17.5 Å². The minimum absolute atomic E-state index is 0.0943. The van der Waals surface area contributed by atoms with Gasteiger partial charge in [-0.1, -0.05) is 0 Å². The van der Waals surface area contributed by atoms with Crippen molar-refractivity contribution in [3.8, 4) is 11.5 Å². The van der Waals surface area contributed by atoms with Crippen molar-refractivity contribution in [2.24, 2.45) is 5.73 Å². The number of fused-ring (bicyclic) bond motifs is 1. The standard InChI is InChI=1S/C29H36N4O6/c1-19-23(24-17-22(37-4)9-10-25(24)31-19)18-26(34)39-21-7-5-20(6-8-21)27(35)38-16-15-32-11-13-33(14-12-32)29(2,3)28(30)36/h5-10,17,31H,11-16,18H2,1-4H3,(H2,30,36). The van der Waals surface area contributed by atoms with Crippen LogP contribution in [0.5, 0.6) is 11.5 Å². The number of esters is 2. The average molecular weight is 537 g/mol. The van der Waals surface area contributed by atoms with E-state index in [1.807, 2.05) is 39.0 Å². The van der Waals surface area contributed by atoms with Crippen molar-refractivity contribution in [2.75, 3.05) is 46.4 Å². The molecule has 0 atom stereocenters. The van der Waals surface area contributed by atoms with Gasteiger partial charge in [0.25, 0.3) is 0 Å². The zero-order valence-electron chi connectivity index (χ0n) is 22.9. The van der Waals surface area contributed by atoms with Gasteiger partial charge < -0.3 is 24.9 Å². The molecular formula is C29H36N4O6. The molecule has 39 heavy (non-hydrogen) atoms. The average Bonchev–Trinajstić information content (AvgIpc) is 3.22. The molecule has 1 aromatic heterocycles. The van der Waals surface area contributed by atoms with Gasteiger partial charge in [-0.25, -0.2) is 4.79 Å². The SMILES string of the molecule is COc1ccc2[nH]c(C)c(CC(=O)Oc3ccc(C(=O)OCCN4CCN(C(C)(C)C(N)=O)CC4)cc3)c2c1. The van der Waals surface area contributed by atoms with E-state index in [4.69, 9.17) is 19.9 Å². The van der Waals surface area contributed by atoms with Gasteiger partial charge in [-0.2, -0.15) is 0 Å². The highest BCUT2D eigenvalue weighted by Crippen LogP contribution is 2.27. The summed E-state index contributed by atoms with van der Waals surface area (Å²) in [5.41, 5.74) is 7.89. The number of primary amides is 1. The number of aromatic nitrogens is 1. The zero-order chi connectivity index (χ0) is 28.2. The van der Waals surface area contributed by atoms with E-state index in [9.17, 15) is 14.4 Å². The predicted molar refractivity (Wildman–Crippen MR) is 147 cm³/mol. The number of piperazine rings is 1. The Morgan fingerprint density at radius 3 is 2.31 bits per heavy atom. The fourth-order valence-electron chi connectivity index (χ4n) is 4.72. The molecule has 0 saturated carbocycles. The first-order chi connectivity index (χ1) is 18.6. The topological polar surface area (TPSA) is 127 Å². The lowest BCUT2D eigenvalue weighted by molar-refractivity contribution is -0.133. The molecule has 10 heteroatoms. The molecule has 1 saturated heterocycles. The van der Waals surface area contributed by atoms with Crippen LogP contribution in [-0.2, 0) is 20.7 Å². The number of hydrogen-bond donors (Lipinski definition) is 2. The number of nitrogens with two attached hydrogens (primary N) is 1. The number of nitrogens with zero attached hydrogens (tertiary/aromatic N) is 2. The first-order valence-electron chi connectivity index (χ1n) is 13.0. The van der Waals surface area contributed by atoms with Crippen LogP contribution in [0.25, 0.3) is 10.9 Å². The fourth-order valence-corrected chi connectivity index (χ4v) is 4.72. The monoisotopic (exact) mass is 536 g/mol. The molecular weight excluding hydrogens is 500 g/mol. The largest absolute Gasteiger partial charge is 0.497 e. The van der Waals surface area contributed by atoms with Gasteiger partial charge in [-0.05, 0) is 68.8 Å². The number of aryl methyl sites for hydroxylation is 1. The molecule has 208 valence electrons. The Hall–Kier alpha value is -3.89. The molecule has 0 radical (unpaired) electrons. The number of amides is 1. The van der Waals surface area contributed by atoms with Crippen molar-refractivity contribution in [2.45, 2.75) is 32.7 Å². The third kappa shape index (κ3) is 6.58. The van der Waals surface area contributed by atoms with Gasteiger partial charge >= 0.3 is 11.9 Å². The smallest absolute Gasteiger partial charge is 0.338 e. The van der Waals surface area contributed by atoms with Crippen LogP contribution in [0.4, 0.5) is 0 Å². The third-order valence-corrected chi connectivity index (χ3v) is 7.38. The molecule has 0 unspecified atom stereocenters. The van der Waals surface area contributed by atoms with E-state index >= 15 is 0 Å². The van der Waals surface area contributed by atoms with Gasteiger partial charge in [0, 0.05) is 49.3 Å². The molecule has 1 fully saturated rings. The maximum atomic E-state index is 12.7. The number of benzene rings is 2. The third-order valence-electron chi connectivity index (χ3n) is 7.38. The van der Waals surface area contributed by atoms with E-state index in [0.717, 1.165) is 48.3 Å². The van der Waals surface area contributed by atoms with Crippen molar-refractivity contribution in [3.63, 3.8) is 0 Å². The number of aromatic amines is 1. The van der Waals surface area contributed by atoms with Crippen LogP contribution in [0.15, 0.2) is 42.5 Å². The Balaban J connectivity index is 1.24. The van der Waals surface area contributed by atoms with Crippen molar-refractivity contribution >= 4 is 28.7 Å². The Bertz CT molecular complexity index is 1340. The number of rotatable bonds is 10. The molecule has 0 spiro atoms. The minimum Gasteiger partial charge on any atom is -0.497 e. The van der Waals surface area contributed by atoms with E-state index in [1.54, 1.807) is 31.4 Å². The summed E-state index contributed by atoms with van der Waals surface area (Å²) in [6, 6.07) is 12.0. The molecule has 10 nitrogen and oxygen atoms in total. The number of H-pyrrole nitrogens is 1. The van der Waals surface area contributed by atoms with E-state index in [-0.39, 0.29) is 18.9 Å². The number of carbonyl (C=O) groups excluding carboxylic acids is 3. The fraction of sp³-hybridized carbons (Fsp3) is 0.414. The predicted octanol–water partition coefficient (Wildman–Crippen LogP) is 2.67. The number of methoxy groups -OCH3 is 1. The summed E-state index contributed by atoms with van der Waals surface area (Å²) in [5, 5.41) is 0.915. The Labute approximate surface area is 228 Å². The molecule has 3 aromatic rings. The van der Waals surface area contributed by atoms with Gasteiger partial charge in [-0.15, -0.1) is 0 Å². The lowest BCUT2D eigenvalue weighted by atomic mass is 10.0. The lowest BCUT2D eigenvalue weighted by Gasteiger charge is -2.42. The molecule has 0 bridgehead atoms. The van der Waals surface area contributed by atoms with Crippen molar-refractivity contribution in [3.05, 3.63) is 59.3 Å². The van der Waals surface area contributed by atoms with Crippen LogP contribution < -0.4 is 15.2 Å². The first kappa shape index (κ1) is 28.1. The van der Waals surface area contributed by atoms with E-state index in [1.165, 1.54) is 0 Å². The second-order valence-corrected chi connectivity index (χ2v) is 10.2. The number of hydrogen-bond acceptors (Lipinski definition) is 8. The van der Waals surface area contributed by atoms with Gasteiger partial charge in [0.2, 0.25) is 5.91 Å². The number of nitrogens with one attached hydrogen (secondary N) is 1. The molecule has 1 amide bonds. The van der Waals surface area contributed by atoms with Gasteiger partial charge in [0.1, 0.15) is 18.1 Å². The van der Waals surface area contributed by atoms with Gasteiger partial charge in [0.05, 0.1) is 24.6 Å². The van der Waals surface area contributed by atoms with Crippen LogP contribution in [-0.4, -0.2) is 84.6 Å². The Morgan fingerprint density at radius 1 is 1.00 bits per heavy atom. The lowest BCUT2D eigenvalue weighted by Crippen LogP contribution is -2.59. The van der Waals surface area contributed by atoms with Crippen LogP contribution in [0.3, 0.4) is 0 Å². The summed E-state index contributed by atoms with van der Waals surface area (Å²) < 4.78 is 16.3. The highest BCUT2D eigenvalue weighted by atomic mass is 16.5. The maximum Gasteiger partial charge on any atom is 0.338 e. The summed E-state index contributed by atoms with van der Waals surface area (Å²) in [6.07, 6.45) is 0.0943. The van der Waals surface area contributed by atoms with Crippen LogP contribution >= 0.6 is 0 Å². The second-order valence-electron chi connectivity index (χ2n) is 10.2. The van der Waals surface area contributed by atoms with Crippen LogP contribution in [0, 0.1) is 6.92 Å².